The monoisotopic (exact) mass is 203 g/mol. The van der Waals surface area contributed by atoms with Crippen LogP contribution in [-0.2, 0) is 19.4 Å². The number of nitriles is 1. The van der Waals surface area contributed by atoms with Crippen LogP contribution < -0.4 is 5.73 Å². The van der Waals surface area contributed by atoms with Gasteiger partial charge in [0.05, 0.1) is 18.1 Å². The molecule has 4 heteroatoms. The lowest BCUT2D eigenvalue weighted by Gasteiger charge is -2.16. The highest BCUT2D eigenvalue weighted by Gasteiger charge is 2.19. The topological polar surface area (TPSA) is 71.8 Å². The van der Waals surface area contributed by atoms with E-state index in [4.69, 9.17) is 11.0 Å². The van der Waals surface area contributed by atoms with E-state index in [-0.39, 0.29) is 6.42 Å². The smallest absolute Gasteiger partial charge is 0.250 e. The second kappa shape index (κ2) is 3.77. The van der Waals surface area contributed by atoms with Crippen molar-refractivity contribution in [2.45, 2.75) is 32.2 Å². The van der Waals surface area contributed by atoms with Crippen molar-refractivity contribution in [3.8, 4) is 6.07 Å². The molecule has 0 radical (unpaired) electrons. The molecule has 0 aliphatic carbocycles. The van der Waals surface area contributed by atoms with Gasteiger partial charge in [-0.15, -0.1) is 0 Å². The zero-order valence-corrected chi connectivity index (χ0v) is 8.49. The van der Waals surface area contributed by atoms with Gasteiger partial charge in [-0.3, -0.25) is 4.79 Å². The van der Waals surface area contributed by atoms with E-state index in [0.717, 1.165) is 37.2 Å². The molecule has 1 amide bonds. The van der Waals surface area contributed by atoms with Crippen LogP contribution in [0.3, 0.4) is 0 Å². The van der Waals surface area contributed by atoms with Crippen LogP contribution in [0.2, 0.25) is 0 Å². The van der Waals surface area contributed by atoms with E-state index < -0.39 is 5.91 Å². The van der Waals surface area contributed by atoms with Crippen LogP contribution in [-0.4, -0.2) is 10.5 Å². The van der Waals surface area contributed by atoms with Crippen LogP contribution in [0.1, 0.15) is 34.6 Å². The highest BCUT2D eigenvalue weighted by molar-refractivity contribution is 5.94. The van der Waals surface area contributed by atoms with E-state index >= 15 is 0 Å². The third-order valence-electron chi connectivity index (χ3n) is 2.87. The molecule has 0 saturated carbocycles. The van der Waals surface area contributed by atoms with Crippen molar-refractivity contribution < 1.29 is 4.79 Å². The Morgan fingerprint density at radius 3 is 3.07 bits per heavy atom. The minimum Gasteiger partial charge on any atom is -0.366 e. The van der Waals surface area contributed by atoms with Crippen LogP contribution in [0.5, 0.6) is 0 Å². The van der Waals surface area contributed by atoms with E-state index in [1.165, 1.54) is 0 Å². The van der Waals surface area contributed by atoms with Crippen molar-refractivity contribution in [2.75, 3.05) is 0 Å². The summed E-state index contributed by atoms with van der Waals surface area (Å²) in [7, 11) is 0. The summed E-state index contributed by atoms with van der Waals surface area (Å²) < 4.78 is 2.08. The van der Waals surface area contributed by atoms with Gasteiger partial charge in [0.2, 0.25) is 0 Å². The summed E-state index contributed by atoms with van der Waals surface area (Å²) in [5.74, 6) is -0.429. The number of rotatable bonds is 2. The first kappa shape index (κ1) is 9.78. The van der Waals surface area contributed by atoms with Crippen molar-refractivity contribution in [1.29, 1.82) is 5.26 Å². The molecule has 4 nitrogen and oxygen atoms in total. The molecule has 0 aromatic carbocycles. The normalized spacial score (nSPS) is 14.3. The molecule has 0 fully saturated rings. The summed E-state index contributed by atoms with van der Waals surface area (Å²) in [6.45, 7) is 0.902. The van der Waals surface area contributed by atoms with E-state index in [9.17, 15) is 4.79 Å². The van der Waals surface area contributed by atoms with E-state index in [0.29, 0.717) is 5.56 Å². The van der Waals surface area contributed by atoms with Crippen LogP contribution >= 0.6 is 0 Å². The molecule has 0 spiro atoms. The Kier molecular flexibility index (Phi) is 2.46. The van der Waals surface area contributed by atoms with Gasteiger partial charge in [0, 0.05) is 17.9 Å². The van der Waals surface area contributed by atoms with Gasteiger partial charge in [-0.25, -0.2) is 0 Å². The van der Waals surface area contributed by atoms with Gasteiger partial charge >= 0.3 is 0 Å². The van der Waals surface area contributed by atoms with E-state index in [1.54, 1.807) is 0 Å². The summed E-state index contributed by atoms with van der Waals surface area (Å²) in [4.78, 5) is 11.2. The molecule has 0 bridgehead atoms. The number of hydrogen-bond acceptors (Lipinski definition) is 2. The van der Waals surface area contributed by atoms with Crippen molar-refractivity contribution >= 4 is 5.91 Å². The van der Waals surface area contributed by atoms with Gasteiger partial charge in [0.25, 0.3) is 5.91 Å². The van der Waals surface area contributed by atoms with Crippen molar-refractivity contribution in [3.05, 3.63) is 23.0 Å². The highest BCUT2D eigenvalue weighted by atomic mass is 16.1. The number of amides is 1. The number of nitrogens with zero attached hydrogens (tertiary/aromatic N) is 2. The summed E-state index contributed by atoms with van der Waals surface area (Å²) in [6, 6.07) is 3.93. The summed E-state index contributed by atoms with van der Waals surface area (Å²) in [5, 5.41) is 8.73. The Labute approximate surface area is 88.3 Å². The number of aromatic nitrogens is 1. The Morgan fingerprint density at radius 2 is 2.40 bits per heavy atom. The first-order chi connectivity index (χ1) is 7.24. The van der Waals surface area contributed by atoms with Crippen LogP contribution in [0.25, 0.3) is 0 Å². The molecule has 2 N–H and O–H groups in total. The fourth-order valence-corrected chi connectivity index (χ4v) is 2.19. The molecular formula is C11H13N3O. The predicted molar refractivity (Wildman–Crippen MR) is 55.2 cm³/mol. The zero-order valence-electron chi connectivity index (χ0n) is 8.49. The number of fused-ring (bicyclic) bond motifs is 1. The maximum absolute atomic E-state index is 11.2. The van der Waals surface area contributed by atoms with Gasteiger partial charge in [0.15, 0.2) is 0 Å². The quantitative estimate of drug-likeness (QED) is 0.778. The number of hydrogen-bond donors (Lipinski definition) is 1. The lowest BCUT2D eigenvalue weighted by atomic mass is 10.1. The van der Waals surface area contributed by atoms with Gasteiger partial charge in [-0.1, -0.05) is 0 Å². The number of carbonyl (C=O) groups excluding carboxylic acids is 1. The molecular weight excluding hydrogens is 190 g/mol. The second-order valence-electron chi connectivity index (χ2n) is 3.80. The maximum Gasteiger partial charge on any atom is 0.250 e. The largest absolute Gasteiger partial charge is 0.366 e. The molecule has 1 aromatic rings. The first-order valence-electron chi connectivity index (χ1n) is 5.12. The van der Waals surface area contributed by atoms with Gasteiger partial charge in [-0.05, 0) is 25.3 Å². The third kappa shape index (κ3) is 1.61. The zero-order chi connectivity index (χ0) is 10.8. The molecule has 2 heterocycles. The maximum atomic E-state index is 11.2. The Balaban J connectivity index is 2.51. The second-order valence-corrected chi connectivity index (χ2v) is 3.80. The molecule has 0 unspecified atom stereocenters. The molecule has 15 heavy (non-hydrogen) atoms. The lowest BCUT2D eigenvalue weighted by molar-refractivity contribution is 0.0999. The average Bonchev–Trinajstić information content (AvgIpc) is 2.58. The van der Waals surface area contributed by atoms with Gasteiger partial charge in [-0.2, -0.15) is 5.26 Å². The summed E-state index contributed by atoms with van der Waals surface area (Å²) >= 11 is 0. The Hall–Kier alpha value is -1.76. The molecule has 0 saturated heterocycles. The average molecular weight is 203 g/mol. The summed E-state index contributed by atoms with van der Waals surface area (Å²) in [6.07, 6.45) is 3.50. The van der Waals surface area contributed by atoms with Crippen LogP contribution in [0, 0.1) is 11.3 Å². The SMILES string of the molecule is N#CCc1c(C(N)=O)cc2n1CCCC2. The van der Waals surface area contributed by atoms with E-state index in [1.807, 2.05) is 6.07 Å². The van der Waals surface area contributed by atoms with E-state index in [2.05, 4.69) is 10.6 Å². The number of primary amides is 1. The van der Waals surface area contributed by atoms with Gasteiger partial charge in [0.1, 0.15) is 0 Å². The standard InChI is InChI=1S/C11H13N3O/c12-5-4-10-9(11(13)15)7-8-3-1-2-6-14(8)10/h7H,1-4,6H2,(H2,13,15). The molecule has 2 rings (SSSR count). The summed E-state index contributed by atoms with van der Waals surface area (Å²) in [5.41, 5.74) is 7.75. The van der Waals surface area contributed by atoms with Crippen LogP contribution in [0.4, 0.5) is 0 Å². The molecule has 1 aliphatic heterocycles. The van der Waals surface area contributed by atoms with Gasteiger partial charge < -0.3 is 10.3 Å². The molecule has 78 valence electrons. The molecule has 1 aromatic heterocycles. The first-order valence-corrected chi connectivity index (χ1v) is 5.12. The lowest BCUT2D eigenvalue weighted by Crippen LogP contribution is -2.15. The van der Waals surface area contributed by atoms with Crippen LogP contribution in [0.15, 0.2) is 6.07 Å². The molecule has 1 aliphatic rings. The predicted octanol–water partition coefficient (Wildman–Crippen LogP) is 0.989. The fourth-order valence-electron chi connectivity index (χ4n) is 2.19. The van der Waals surface area contributed by atoms with Crippen molar-refractivity contribution in [2.24, 2.45) is 5.73 Å². The van der Waals surface area contributed by atoms with Crippen molar-refractivity contribution in [1.82, 2.24) is 4.57 Å². The Morgan fingerprint density at radius 1 is 1.60 bits per heavy atom. The fraction of sp³-hybridized carbons (Fsp3) is 0.455. The highest BCUT2D eigenvalue weighted by Crippen LogP contribution is 2.23. The minimum absolute atomic E-state index is 0.262. The number of nitrogens with two attached hydrogens (primary N) is 1. The number of carbonyl (C=O) groups is 1. The molecule has 0 atom stereocenters. The Bertz CT molecular complexity index is 439. The number of aryl methyl sites for hydroxylation is 1. The minimum atomic E-state index is -0.429. The third-order valence-corrected chi connectivity index (χ3v) is 2.87. The van der Waals surface area contributed by atoms with Crippen molar-refractivity contribution in [3.63, 3.8) is 0 Å².